The Hall–Kier alpha value is -1.10. The average Bonchev–Trinajstić information content (AvgIpc) is 3.30. The van der Waals surface area contributed by atoms with E-state index in [1.165, 1.54) is 18.4 Å². The third-order valence-electron chi connectivity index (χ3n) is 4.50. The molecule has 0 bridgehead atoms. The van der Waals surface area contributed by atoms with Crippen LogP contribution in [-0.4, -0.2) is 43.6 Å². The van der Waals surface area contributed by atoms with E-state index in [2.05, 4.69) is 34.5 Å². The minimum atomic E-state index is -0.612. The summed E-state index contributed by atoms with van der Waals surface area (Å²) in [6.45, 7) is 2.94. The van der Waals surface area contributed by atoms with Crippen molar-refractivity contribution in [3.8, 4) is 0 Å². The van der Waals surface area contributed by atoms with E-state index in [0.29, 0.717) is 19.8 Å². The largest absolute Gasteiger partial charge is 0.388 e. The molecule has 4 nitrogen and oxygen atoms in total. The Labute approximate surface area is 127 Å². The van der Waals surface area contributed by atoms with Crippen molar-refractivity contribution in [2.75, 3.05) is 31.7 Å². The van der Waals surface area contributed by atoms with Crippen LogP contribution in [0, 0.1) is 0 Å². The molecule has 1 saturated heterocycles. The molecule has 0 spiro atoms. The number of nitrogens with zero attached hydrogens (tertiary/aromatic N) is 1. The van der Waals surface area contributed by atoms with Crippen LogP contribution >= 0.6 is 0 Å². The van der Waals surface area contributed by atoms with Crippen LogP contribution in [0.2, 0.25) is 0 Å². The first-order valence-corrected chi connectivity index (χ1v) is 7.98. The maximum absolute atomic E-state index is 10.6. The number of anilines is 1. The van der Waals surface area contributed by atoms with Gasteiger partial charge in [-0.05, 0) is 30.5 Å². The number of likely N-dealkylation sites (N-methyl/N-ethyl adjacent to an activating group) is 1. The lowest BCUT2D eigenvalue weighted by Crippen LogP contribution is -2.45. The molecule has 4 heteroatoms. The second kappa shape index (κ2) is 6.34. The monoisotopic (exact) mass is 290 g/mol. The molecule has 0 atom stereocenters. The molecule has 1 aliphatic carbocycles. The van der Waals surface area contributed by atoms with Crippen molar-refractivity contribution in [1.82, 2.24) is 5.32 Å². The van der Waals surface area contributed by atoms with Gasteiger partial charge >= 0.3 is 0 Å². The van der Waals surface area contributed by atoms with Crippen LogP contribution in [-0.2, 0) is 11.3 Å². The summed E-state index contributed by atoms with van der Waals surface area (Å²) in [5.41, 5.74) is 1.87. The zero-order valence-electron chi connectivity index (χ0n) is 12.8. The molecule has 21 heavy (non-hydrogen) atoms. The Bertz CT molecular complexity index is 450. The molecule has 2 fully saturated rings. The summed E-state index contributed by atoms with van der Waals surface area (Å²) in [4.78, 5) is 2.14. The van der Waals surface area contributed by atoms with Gasteiger partial charge in [0.15, 0.2) is 0 Å². The highest BCUT2D eigenvalue weighted by Crippen LogP contribution is 2.24. The van der Waals surface area contributed by atoms with E-state index >= 15 is 0 Å². The predicted octanol–water partition coefficient (Wildman–Crippen LogP) is 1.92. The molecular formula is C17H26N2O2. The molecular weight excluding hydrogens is 264 g/mol. The normalized spacial score (nSPS) is 21.2. The highest BCUT2D eigenvalue weighted by atomic mass is 16.5. The average molecular weight is 290 g/mol. The van der Waals surface area contributed by atoms with Crippen LogP contribution in [0.3, 0.4) is 0 Å². The van der Waals surface area contributed by atoms with Gasteiger partial charge in [-0.3, -0.25) is 0 Å². The molecule has 3 rings (SSSR count). The van der Waals surface area contributed by atoms with Crippen molar-refractivity contribution in [2.24, 2.45) is 0 Å². The lowest BCUT2D eigenvalue weighted by Gasteiger charge is -2.36. The molecule has 1 saturated carbocycles. The smallest absolute Gasteiger partial charge is 0.0865 e. The third-order valence-corrected chi connectivity index (χ3v) is 4.50. The Morgan fingerprint density at radius 1 is 1.24 bits per heavy atom. The van der Waals surface area contributed by atoms with Crippen molar-refractivity contribution in [1.29, 1.82) is 0 Å². The van der Waals surface area contributed by atoms with Gasteiger partial charge in [-0.25, -0.2) is 0 Å². The van der Waals surface area contributed by atoms with Crippen molar-refractivity contribution in [3.05, 3.63) is 29.8 Å². The molecule has 1 aromatic rings. The van der Waals surface area contributed by atoms with Gasteiger partial charge in [-0.15, -0.1) is 0 Å². The van der Waals surface area contributed by atoms with E-state index in [4.69, 9.17) is 4.74 Å². The highest BCUT2D eigenvalue weighted by molar-refractivity contribution is 5.47. The number of ether oxygens (including phenoxy) is 1. The first-order chi connectivity index (χ1) is 10.1. The zero-order valence-corrected chi connectivity index (χ0v) is 12.8. The summed E-state index contributed by atoms with van der Waals surface area (Å²) in [5, 5.41) is 14.1. The number of nitrogens with one attached hydrogen (secondary N) is 1. The van der Waals surface area contributed by atoms with E-state index in [9.17, 15) is 5.11 Å². The van der Waals surface area contributed by atoms with Crippen LogP contribution < -0.4 is 10.2 Å². The Morgan fingerprint density at radius 2 is 1.90 bits per heavy atom. The van der Waals surface area contributed by atoms with Crippen LogP contribution in [0.15, 0.2) is 24.3 Å². The topological polar surface area (TPSA) is 44.7 Å². The maximum atomic E-state index is 10.6. The van der Waals surface area contributed by atoms with Crippen molar-refractivity contribution in [3.63, 3.8) is 0 Å². The molecule has 2 N–H and O–H groups in total. The summed E-state index contributed by atoms with van der Waals surface area (Å²) in [6, 6.07) is 9.39. The van der Waals surface area contributed by atoms with Gasteiger partial charge in [0.1, 0.15) is 0 Å². The van der Waals surface area contributed by atoms with Gasteiger partial charge in [-0.1, -0.05) is 12.1 Å². The number of rotatable bonds is 6. The van der Waals surface area contributed by atoms with Crippen molar-refractivity contribution in [2.45, 2.75) is 43.9 Å². The minimum Gasteiger partial charge on any atom is -0.388 e. The standard InChI is InChI=1S/C17H26N2O2/c1-19(13-17(20)8-10-21-11-9-17)16-6-2-14(3-7-16)12-18-15-4-5-15/h2-3,6-7,15,18,20H,4-5,8-13H2,1H3. The lowest BCUT2D eigenvalue weighted by molar-refractivity contribution is -0.0572. The quantitative estimate of drug-likeness (QED) is 0.840. The van der Waals surface area contributed by atoms with E-state index in [1.54, 1.807) is 0 Å². The van der Waals surface area contributed by atoms with Crippen LogP contribution in [0.4, 0.5) is 5.69 Å². The number of hydrogen-bond donors (Lipinski definition) is 2. The van der Waals surface area contributed by atoms with Gasteiger partial charge in [-0.2, -0.15) is 0 Å². The molecule has 116 valence electrons. The third kappa shape index (κ3) is 4.19. The molecule has 0 radical (unpaired) electrons. The summed E-state index contributed by atoms with van der Waals surface area (Å²) >= 11 is 0. The van der Waals surface area contributed by atoms with Gasteiger partial charge in [0.2, 0.25) is 0 Å². The summed E-state index contributed by atoms with van der Waals surface area (Å²) in [5.74, 6) is 0. The molecule has 1 heterocycles. The van der Waals surface area contributed by atoms with Gasteiger partial charge in [0.25, 0.3) is 0 Å². The number of aliphatic hydroxyl groups is 1. The van der Waals surface area contributed by atoms with Gasteiger partial charge in [0, 0.05) is 57.9 Å². The van der Waals surface area contributed by atoms with E-state index in [0.717, 1.165) is 31.1 Å². The predicted molar refractivity (Wildman–Crippen MR) is 84.6 cm³/mol. The Morgan fingerprint density at radius 3 is 2.52 bits per heavy atom. The van der Waals surface area contributed by atoms with Gasteiger partial charge in [0.05, 0.1) is 5.60 Å². The van der Waals surface area contributed by atoms with Crippen LogP contribution in [0.1, 0.15) is 31.2 Å². The Balaban J connectivity index is 1.54. The summed E-state index contributed by atoms with van der Waals surface area (Å²) < 4.78 is 5.33. The number of benzene rings is 1. The van der Waals surface area contributed by atoms with E-state index in [-0.39, 0.29) is 0 Å². The molecule has 0 unspecified atom stereocenters. The summed E-state index contributed by atoms with van der Waals surface area (Å²) in [6.07, 6.45) is 4.09. The molecule has 0 amide bonds. The fourth-order valence-corrected chi connectivity index (χ4v) is 2.86. The van der Waals surface area contributed by atoms with Crippen molar-refractivity contribution < 1.29 is 9.84 Å². The maximum Gasteiger partial charge on any atom is 0.0865 e. The fourth-order valence-electron chi connectivity index (χ4n) is 2.86. The van der Waals surface area contributed by atoms with E-state index in [1.807, 2.05) is 7.05 Å². The second-order valence-corrected chi connectivity index (χ2v) is 6.51. The van der Waals surface area contributed by atoms with Crippen LogP contribution in [0.25, 0.3) is 0 Å². The molecule has 1 aromatic carbocycles. The second-order valence-electron chi connectivity index (χ2n) is 6.51. The minimum absolute atomic E-state index is 0.612. The molecule has 1 aliphatic heterocycles. The first-order valence-electron chi connectivity index (χ1n) is 7.98. The molecule has 0 aromatic heterocycles. The highest BCUT2D eigenvalue weighted by Gasteiger charge is 2.31. The Kier molecular flexibility index (Phi) is 4.48. The number of hydrogen-bond acceptors (Lipinski definition) is 4. The van der Waals surface area contributed by atoms with E-state index < -0.39 is 5.60 Å². The SMILES string of the molecule is CN(CC1(O)CCOCC1)c1ccc(CNC2CC2)cc1. The van der Waals surface area contributed by atoms with Crippen molar-refractivity contribution >= 4 is 5.69 Å². The fraction of sp³-hybridized carbons (Fsp3) is 0.647. The van der Waals surface area contributed by atoms with Crippen LogP contribution in [0.5, 0.6) is 0 Å². The molecule has 2 aliphatic rings. The lowest BCUT2D eigenvalue weighted by atomic mass is 9.94. The van der Waals surface area contributed by atoms with Gasteiger partial charge < -0.3 is 20.1 Å². The zero-order chi connectivity index (χ0) is 14.7. The summed E-state index contributed by atoms with van der Waals surface area (Å²) in [7, 11) is 2.05. The first kappa shape index (κ1) is 14.8.